The number of methoxy groups -OCH3 is 1. The minimum Gasteiger partial charge on any atom is -0.465 e. The maximum absolute atomic E-state index is 12.9. The van der Waals surface area contributed by atoms with Gasteiger partial charge in [0.1, 0.15) is 5.60 Å². The molecule has 8 heteroatoms. The van der Waals surface area contributed by atoms with Crippen LogP contribution in [-0.4, -0.2) is 65.9 Å². The first-order valence-electron chi connectivity index (χ1n) is 9.26. The van der Waals surface area contributed by atoms with E-state index in [2.05, 4.69) is 4.74 Å². The molecule has 3 rings (SSSR count). The van der Waals surface area contributed by atoms with Crippen molar-refractivity contribution in [3.05, 3.63) is 29.8 Å². The Morgan fingerprint density at radius 1 is 1.18 bits per heavy atom. The Bertz CT molecular complexity index is 785. The first-order chi connectivity index (χ1) is 13.0. The van der Waals surface area contributed by atoms with Crippen LogP contribution in [0.25, 0.3) is 0 Å². The molecule has 8 nitrogen and oxygen atoms in total. The molecule has 0 saturated carbocycles. The van der Waals surface area contributed by atoms with Gasteiger partial charge in [0.15, 0.2) is 5.60 Å². The smallest absolute Gasteiger partial charge is 0.410 e. The van der Waals surface area contributed by atoms with Crippen LogP contribution in [0.3, 0.4) is 0 Å². The van der Waals surface area contributed by atoms with Gasteiger partial charge in [-0.15, -0.1) is 0 Å². The zero-order chi connectivity index (χ0) is 20.7. The van der Waals surface area contributed by atoms with Crippen LogP contribution in [0, 0.1) is 5.92 Å². The third kappa shape index (κ3) is 3.69. The van der Waals surface area contributed by atoms with E-state index in [9.17, 15) is 19.5 Å². The normalized spacial score (nSPS) is 24.8. The average molecular weight is 390 g/mol. The highest BCUT2D eigenvalue weighted by molar-refractivity contribution is 6.02. The molecule has 2 aliphatic heterocycles. The molecule has 0 bridgehead atoms. The molecule has 2 aliphatic rings. The van der Waals surface area contributed by atoms with E-state index in [4.69, 9.17) is 4.74 Å². The third-order valence-corrected chi connectivity index (χ3v) is 5.15. The fourth-order valence-electron chi connectivity index (χ4n) is 3.66. The van der Waals surface area contributed by atoms with Gasteiger partial charge >= 0.3 is 12.1 Å². The second kappa shape index (κ2) is 7.09. The number of anilines is 1. The lowest BCUT2D eigenvalue weighted by Crippen LogP contribution is -2.55. The van der Waals surface area contributed by atoms with Gasteiger partial charge in [-0.3, -0.25) is 4.79 Å². The largest absolute Gasteiger partial charge is 0.465 e. The molecule has 0 radical (unpaired) electrons. The van der Waals surface area contributed by atoms with Crippen molar-refractivity contribution in [3.63, 3.8) is 0 Å². The van der Waals surface area contributed by atoms with Crippen LogP contribution in [0.15, 0.2) is 24.3 Å². The standard InChI is InChI=1S/C20H26N2O6/c1-19(2,3)28-18(25)21-10-9-20(26)14(11-21)12-22(17(20)24)15-7-5-13(6-8-15)16(23)27-4/h5-8,14,26H,9-12H2,1-4H3/t14-,20+/m0/s1. The van der Waals surface area contributed by atoms with E-state index in [-0.39, 0.29) is 32.0 Å². The van der Waals surface area contributed by atoms with Crippen molar-refractivity contribution in [2.24, 2.45) is 5.92 Å². The molecular weight excluding hydrogens is 364 g/mol. The van der Waals surface area contributed by atoms with Gasteiger partial charge in [-0.2, -0.15) is 0 Å². The van der Waals surface area contributed by atoms with E-state index in [0.29, 0.717) is 11.3 Å². The first-order valence-corrected chi connectivity index (χ1v) is 9.26. The van der Waals surface area contributed by atoms with Gasteiger partial charge in [0.05, 0.1) is 12.7 Å². The van der Waals surface area contributed by atoms with Gasteiger partial charge in [-0.25, -0.2) is 9.59 Å². The monoisotopic (exact) mass is 390 g/mol. The number of nitrogens with zero attached hydrogens (tertiary/aromatic N) is 2. The number of likely N-dealkylation sites (tertiary alicyclic amines) is 1. The van der Waals surface area contributed by atoms with Gasteiger partial charge in [-0.1, -0.05) is 0 Å². The molecule has 2 atom stereocenters. The molecule has 0 spiro atoms. The summed E-state index contributed by atoms with van der Waals surface area (Å²) in [5.74, 6) is -1.26. The predicted octanol–water partition coefficient (Wildman–Crippen LogP) is 1.81. The number of piperidine rings is 1. The van der Waals surface area contributed by atoms with Crippen LogP contribution >= 0.6 is 0 Å². The summed E-state index contributed by atoms with van der Waals surface area (Å²) < 4.78 is 10.1. The van der Waals surface area contributed by atoms with Crippen molar-refractivity contribution in [1.29, 1.82) is 0 Å². The summed E-state index contributed by atoms with van der Waals surface area (Å²) >= 11 is 0. The molecular formula is C20H26N2O6. The summed E-state index contributed by atoms with van der Waals surface area (Å²) in [6.07, 6.45) is -0.283. The quantitative estimate of drug-likeness (QED) is 0.774. The number of hydrogen-bond donors (Lipinski definition) is 1. The SMILES string of the molecule is COC(=O)c1ccc(N2C[C@@H]3CN(C(=O)OC(C)(C)C)CC[C@]3(O)C2=O)cc1. The van der Waals surface area contributed by atoms with Crippen LogP contribution in [-0.2, 0) is 14.3 Å². The molecule has 0 unspecified atom stereocenters. The van der Waals surface area contributed by atoms with Gasteiger partial charge in [0, 0.05) is 37.7 Å². The molecule has 1 aromatic rings. The molecule has 28 heavy (non-hydrogen) atoms. The summed E-state index contributed by atoms with van der Waals surface area (Å²) in [5.41, 5.74) is -1.14. The topological polar surface area (TPSA) is 96.4 Å². The number of fused-ring (bicyclic) bond motifs is 1. The minimum atomic E-state index is -1.50. The van der Waals surface area contributed by atoms with Gasteiger partial charge in [0.25, 0.3) is 5.91 Å². The summed E-state index contributed by atoms with van der Waals surface area (Å²) in [7, 11) is 1.30. The Balaban J connectivity index is 1.75. The van der Waals surface area contributed by atoms with Crippen LogP contribution in [0.5, 0.6) is 0 Å². The molecule has 1 N–H and O–H groups in total. The fraction of sp³-hybridized carbons (Fsp3) is 0.550. The highest BCUT2D eigenvalue weighted by atomic mass is 16.6. The maximum Gasteiger partial charge on any atom is 0.410 e. The van der Waals surface area contributed by atoms with Gasteiger partial charge in [-0.05, 0) is 45.0 Å². The Morgan fingerprint density at radius 3 is 2.39 bits per heavy atom. The number of ether oxygens (including phenoxy) is 2. The lowest BCUT2D eigenvalue weighted by Gasteiger charge is -2.38. The molecule has 0 aliphatic carbocycles. The van der Waals surface area contributed by atoms with E-state index >= 15 is 0 Å². The van der Waals surface area contributed by atoms with Crippen molar-refractivity contribution in [1.82, 2.24) is 4.90 Å². The maximum atomic E-state index is 12.9. The second-order valence-electron chi connectivity index (χ2n) is 8.25. The molecule has 2 fully saturated rings. The van der Waals surface area contributed by atoms with Gasteiger partial charge in [0.2, 0.25) is 0 Å². The number of carbonyl (C=O) groups excluding carboxylic acids is 3. The molecule has 2 amide bonds. The van der Waals surface area contributed by atoms with Crippen molar-refractivity contribution >= 4 is 23.7 Å². The lowest BCUT2D eigenvalue weighted by molar-refractivity contribution is -0.141. The molecule has 152 valence electrons. The highest BCUT2D eigenvalue weighted by Gasteiger charge is 2.56. The van der Waals surface area contributed by atoms with E-state index < -0.39 is 29.2 Å². The predicted molar refractivity (Wildman–Crippen MR) is 101 cm³/mol. The van der Waals surface area contributed by atoms with Crippen LogP contribution < -0.4 is 4.90 Å². The number of hydrogen-bond acceptors (Lipinski definition) is 6. The summed E-state index contributed by atoms with van der Waals surface area (Å²) in [5, 5.41) is 11.0. The number of benzene rings is 1. The van der Waals surface area contributed by atoms with Crippen LogP contribution in [0.4, 0.5) is 10.5 Å². The number of amides is 2. The van der Waals surface area contributed by atoms with Crippen molar-refractivity contribution in [3.8, 4) is 0 Å². The van der Waals surface area contributed by atoms with Crippen LogP contribution in [0.2, 0.25) is 0 Å². The Morgan fingerprint density at radius 2 is 1.82 bits per heavy atom. The van der Waals surface area contributed by atoms with Crippen molar-refractivity contribution < 1.29 is 29.0 Å². The van der Waals surface area contributed by atoms with Crippen molar-refractivity contribution in [2.75, 3.05) is 31.6 Å². The van der Waals surface area contributed by atoms with Gasteiger partial charge < -0.3 is 24.4 Å². The highest BCUT2D eigenvalue weighted by Crippen LogP contribution is 2.39. The molecule has 0 aromatic heterocycles. The Hall–Kier alpha value is -2.61. The molecule has 1 aromatic carbocycles. The Labute approximate surface area is 164 Å². The third-order valence-electron chi connectivity index (χ3n) is 5.15. The van der Waals surface area contributed by atoms with E-state index in [1.165, 1.54) is 12.0 Å². The van der Waals surface area contributed by atoms with E-state index in [1.807, 2.05) is 0 Å². The van der Waals surface area contributed by atoms with Crippen molar-refractivity contribution in [2.45, 2.75) is 38.4 Å². The Kier molecular flexibility index (Phi) is 5.10. The number of esters is 1. The van der Waals surface area contributed by atoms with Crippen LogP contribution in [0.1, 0.15) is 37.6 Å². The summed E-state index contributed by atoms with van der Waals surface area (Å²) in [6, 6.07) is 6.45. The fourth-order valence-corrected chi connectivity index (χ4v) is 3.66. The van der Waals surface area contributed by atoms with E-state index in [0.717, 1.165) is 0 Å². The molecule has 2 saturated heterocycles. The average Bonchev–Trinajstić information content (AvgIpc) is 2.90. The summed E-state index contributed by atoms with van der Waals surface area (Å²) in [4.78, 5) is 39.9. The second-order valence-corrected chi connectivity index (χ2v) is 8.25. The summed E-state index contributed by atoms with van der Waals surface area (Å²) in [6.45, 7) is 6.17. The molecule has 2 heterocycles. The first kappa shape index (κ1) is 20.1. The van der Waals surface area contributed by atoms with E-state index in [1.54, 1.807) is 49.9 Å². The zero-order valence-corrected chi connectivity index (χ0v) is 16.6. The number of rotatable bonds is 2. The lowest BCUT2D eigenvalue weighted by atomic mass is 9.83. The number of aliphatic hydroxyl groups is 1. The number of carbonyl (C=O) groups is 3. The minimum absolute atomic E-state index is 0.159. The zero-order valence-electron chi connectivity index (χ0n) is 16.6.